The minimum absolute atomic E-state index is 0.135. The van der Waals surface area contributed by atoms with Crippen LogP contribution in [0.4, 0.5) is 4.79 Å². The molecule has 1 aliphatic rings. The van der Waals surface area contributed by atoms with Gasteiger partial charge >= 0.3 is 12.1 Å². The number of hydrogen-bond acceptors (Lipinski definition) is 4. The first-order valence-corrected chi connectivity index (χ1v) is 6.30. The summed E-state index contributed by atoms with van der Waals surface area (Å²) in [5, 5.41) is 2.74. The van der Waals surface area contributed by atoms with Crippen molar-refractivity contribution < 1.29 is 19.1 Å². The Hall–Kier alpha value is -1.26. The van der Waals surface area contributed by atoms with E-state index in [0.29, 0.717) is 13.0 Å². The Bertz CT molecular complexity index is 315. The van der Waals surface area contributed by atoms with E-state index in [1.165, 1.54) is 7.11 Å². The van der Waals surface area contributed by atoms with Gasteiger partial charge < -0.3 is 14.8 Å². The van der Waals surface area contributed by atoms with Gasteiger partial charge in [0.1, 0.15) is 5.60 Å². The molecule has 0 radical (unpaired) electrons. The first-order valence-electron chi connectivity index (χ1n) is 6.30. The van der Waals surface area contributed by atoms with Gasteiger partial charge in [0.25, 0.3) is 0 Å². The minimum Gasteiger partial charge on any atom is -0.469 e. The van der Waals surface area contributed by atoms with Crippen LogP contribution in [0.5, 0.6) is 0 Å². The lowest BCUT2D eigenvalue weighted by Crippen LogP contribution is -2.45. The Balaban J connectivity index is 2.40. The summed E-state index contributed by atoms with van der Waals surface area (Å²) in [6.45, 7) is 5.93. The van der Waals surface area contributed by atoms with Gasteiger partial charge in [-0.1, -0.05) is 6.42 Å². The van der Waals surface area contributed by atoms with Crippen molar-refractivity contribution in [1.82, 2.24) is 5.32 Å². The SMILES string of the molecule is COC(=O)CC1(CNC(=O)OC(C)(C)C)CCC1. The molecule has 1 fully saturated rings. The molecule has 0 heterocycles. The zero-order valence-electron chi connectivity index (χ0n) is 11.7. The Kier molecular flexibility index (Phi) is 4.59. The molecule has 0 spiro atoms. The Labute approximate surface area is 108 Å². The summed E-state index contributed by atoms with van der Waals surface area (Å²) >= 11 is 0. The van der Waals surface area contributed by atoms with E-state index in [-0.39, 0.29) is 11.4 Å². The second-order valence-corrected chi connectivity index (χ2v) is 5.96. The fourth-order valence-electron chi connectivity index (χ4n) is 2.05. The topological polar surface area (TPSA) is 64.6 Å². The maximum atomic E-state index is 11.6. The third-order valence-corrected chi connectivity index (χ3v) is 3.17. The van der Waals surface area contributed by atoms with Crippen molar-refractivity contribution in [2.45, 2.75) is 52.1 Å². The Morgan fingerprint density at radius 1 is 1.28 bits per heavy atom. The Morgan fingerprint density at radius 3 is 2.28 bits per heavy atom. The fraction of sp³-hybridized carbons (Fsp3) is 0.846. The summed E-state index contributed by atoms with van der Waals surface area (Å²) in [6.07, 6.45) is 2.90. The highest BCUT2D eigenvalue weighted by Crippen LogP contribution is 2.43. The Morgan fingerprint density at radius 2 is 1.89 bits per heavy atom. The predicted molar refractivity (Wildman–Crippen MR) is 67.2 cm³/mol. The van der Waals surface area contributed by atoms with Crippen molar-refractivity contribution >= 4 is 12.1 Å². The first kappa shape index (κ1) is 14.8. The van der Waals surface area contributed by atoms with Crippen LogP contribution in [-0.4, -0.2) is 31.3 Å². The highest BCUT2D eigenvalue weighted by atomic mass is 16.6. The molecule has 1 saturated carbocycles. The molecule has 5 nitrogen and oxygen atoms in total. The number of amides is 1. The minimum atomic E-state index is -0.501. The number of carbonyl (C=O) groups excluding carboxylic acids is 2. The summed E-state index contributed by atoms with van der Waals surface area (Å²) in [5.74, 6) is -0.222. The largest absolute Gasteiger partial charge is 0.469 e. The highest BCUT2D eigenvalue weighted by molar-refractivity contribution is 5.71. The molecule has 1 amide bonds. The summed E-state index contributed by atoms with van der Waals surface area (Å²) in [7, 11) is 1.38. The van der Waals surface area contributed by atoms with Gasteiger partial charge in [-0.15, -0.1) is 0 Å². The molecule has 0 aliphatic heterocycles. The van der Waals surface area contributed by atoms with E-state index in [4.69, 9.17) is 4.74 Å². The zero-order valence-corrected chi connectivity index (χ0v) is 11.7. The van der Waals surface area contributed by atoms with Crippen LogP contribution in [0.2, 0.25) is 0 Å². The van der Waals surface area contributed by atoms with Crippen LogP contribution in [0, 0.1) is 5.41 Å². The molecule has 0 bridgehead atoms. The predicted octanol–water partition coefficient (Wildman–Crippen LogP) is 2.24. The van der Waals surface area contributed by atoms with E-state index in [2.05, 4.69) is 10.1 Å². The average molecular weight is 257 g/mol. The lowest BCUT2D eigenvalue weighted by Gasteiger charge is -2.41. The number of ether oxygens (including phenoxy) is 2. The lowest BCUT2D eigenvalue weighted by molar-refractivity contribution is -0.145. The molecule has 5 heteroatoms. The van der Waals surface area contributed by atoms with Gasteiger partial charge in [-0.05, 0) is 39.0 Å². The number of methoxy groups -OCH3 is 1. The summed E-state index contributed by atoms with van der Waals surface area (Å²) in [6, 6.07) is 0. The highest BCUT2D eigenvalue weighted by Gasteiger charge is 2.39. The van der Waals surface area contributed by atoms with Gasteiger partial charge in [-0.25, -0.2) is 4.79 Å². The standard InChI is InChI=1S/C13H23NO4/c1-12(2,3)18-11(16)14-9-13(6-5-7-13)8-10(15)17-4/h5-9H2,1-4H3,(H,14,16). The number of carbonyl (C=O) groups is 2. The molecule has 0 unspecified atom stereocenters. The summed E-state index contributed by atoms with van der Waals surface area (Å²) in [4.78, 5) is 22.9. The number of rotatable bonds is 4. The van der Waals surface area contributed by atoms with E-state index >= 15 is 0 Å². The van der Waals surface area contributed by atoms with Crippen molar-refractivity contribution in [2.75, 3.05) is 13.7 Å². The van der Waals surface area contributed by atoms with Crippen LogP contribution in [0.15, 0.2) is 0 Å². The van der Waals surface area contributed by atoms with E-state index in [0.717, 1.165) is 19.3 Å². The van der Waals surface area contributed by atoms with Crippen LogP contribution >= 0.6 is 0 Å². The maximum Gasteiger partial charge on any atom is 0.407 e. The molecule has 0 aromatic heterocycles. The number of nitrogens with one attached hydrogen (secondary N) is 1. The average Bonchev–Trinajstić information content (AvgIpc) is 2.18. The van der Waals surface area contributed by atoms with Crippen molar-refractivity contribution in [3.05, 3.63) is 0 Å². The van der Waals surface area contributed by atoms with Gasteiger partial charge in [0.05, 0.1) is 13.5 Å². The molecule has 18 heavy (non-hydrogen) atoms. The molecule has 1 N–H and O–H groups in total. The number of esters is 1. The smallest absolute Gasteiger partial charge is 0.407 e. The number of hydrogen-bond donors (Lipinski definition) is 1. The van der Waals surface area contributed by atoms with Crippen molar-refractivity contribution in [2.24, 2.45) is 5.41 Å². The van der Waals surface area contributed by atoms with Crippen LogP contribution in [0.1, 0.15) is 46.5 Å². The van der Waals surface area contributed by atoms with Crippen LogP contribution in [-0.2, 0) is 14.3 Å². The third kappa shape index (κ3) is 4.55. The molecule has 0 aromatic carbocycles. The molecular formula is C13H23NO4. The summed E-state index contributed by atoms with van der Waals surface area (Å²) < 4.78 is 9.85. The maximum absolute atomic E-state index is 11.6. The quantitative estimate of drug-likeness (QED) is 0.784. The van der Waals surface area contributed by atoms with Crippen molar-refractivity contribution in [3.63, 3.8) is 0 Å². The molecule has 0 atom stereocenters. The van der Waals surface area contributed by atoms with E-state index < -0.39 is 11.7 Å². The van der Waals surface area contributed by atoms with Crippen LogP contribution in [0.3, 0.4) is 0 Å². The van der Waals surface area contributed by atoms with Gasteiger partial charge in [0.2, 0.25) is 0 Å². The second-order valence-electron chi connectivity index (χ2n) is 5.96. The monoisotopic (exact) mass is 257 g/mol. The second kappa shape index (κ2) is 5.59. The normalized spacial score (nSPS) is 17.6. The molecule has 0 saturated heterocycles. The van der Waals surface area contributed by atoms with Crippen LogP contribution < -0.4 is 5.32 Å². The third-order valence-electron chi connectivity index (χ3n) is 3.17. The van der Waals surface area contributed by atoms with Gasteiger partial charge in [0, 0.05) is 6.54 Å². The van der Waals surface area contributed by atoms with Crippen molar-refractivity contribution in [1.29, 1.82) is 0 Å². The van der Waals surface area contributed by atoms with Gasteiger partial charge in [-0.2, -0.15) is 0 Å². The van der Waals surface area contributed by atoms with Crippen molar-refractivity contribution in [3.8, 4) is 0 Å². The first-order chi connectivity index (χ1) is 8.26. The number of alkyl carbamates (subject to hydrolysis) is 1. The van der Waals surface area contributed by atoms with Gasteiger partial charge in [0.15, 0.2) is 0 Å². The molecular weight excluding hydrogens is 234 g/mol. The summed E-state index contributed by atoms with van der Waals surface area (Å²) in [5.41, 5.74) is -0.636. The molecule has 1 rings (SSSR count). The van der Waals surface area contributed by atoms with E-state index in [1.54, 1.807) is 0 Å². The molecule has 104 valence electrons. The van der Waals surface area contributed by atoms with E-state index in [1.807, 2.05) is 20.8 Å². The molecule has 0 aromatic rings. The zero-order chi connectivity index (χ0) is 13.8. The van der Waals surface area contributed by atoms with Crippen LogP contribution in [0.25, 0.3) is 0 Å². The molecule has 1 aliphatic carbocycles. The fourth-order valence-corrected chi connectivity index (χ4v) is 2.05. The lowest BCUT2D eigenvalue weighted by atomic mass is 9.66. The van der Waals surface area contributed by atoms with Gasteiger partial charge in [-0.3, -0.25) is 4.79 Å². The van der Waals surface area contributed by atoms with E-state index in [9.17, 15) is 9.59 Å².